The fourth-order valence-corrected chi connectivity index (χ4v) is 2.65. The Hall–Kier alpha value is -2.49. The highest BCUT2D eigenvalue weighted by Gasteiger charge is 2.35. The fourth-order valence-electron chi connectivity index (χ4n) is 2.22. The molecule has 0 aliphatic carbocycles. The topological polar surface area (TPSA) is 89.9 Å². The van der Waals surface area contributed by atoms with Crippen LogP contribution >= 0.6 is 11.8 Å². The van der Waals surface area contributed by atoms with Crippen LogP contribution in [0.5, 0.6) is 0 Å². The van der Waals surface area contributed by atoms with E-state index in [4.69, 9.17) is 10.2 Å². The number of nitrogen functional groups attached to an aromatic ring is 1. The number of fused-ring (bicyclic) bond motifs is 1. The molecule has 0 aliphatic heterocycles. The number of nitrogens with zero attached hydrogens (tertiary/aromatic N) is 3. The Kier molecular flexibility index (Phi) is 4.46. The molecule has 1 unspecified atom stereocenters. The largest absolute Gasteiger partial charge is 0.459 e. The number of benzene rings is 1. The molecule has 3 aromatic rings. The van der Waals surface area contributed by atoms with Crippen LogP contribution in [0.1, 0.15) is 24.6 Å². The molecule has 3 rings (SSSR count). The van der Waals surface area contributed by atoms with Gasteiger partial charge < -0.3 is 15.5 Å². The molecular formula is C15H14F3N5OS. The molecule has 0 saturated carbocycles. The Morgan fingerprint density at radius 1 is 1.20 bits per heavy atom. The van der Waals surface area contributed by atoms with Gasteiger partial charge in [0.1, 0.15) is 11.3 Å². The molecule has 25 heavy (non-hydrogen) atoms. The second kappa shape index (κ2) is 6.43. The third-order valence-corrected chi connectivity index (χ3v) is 4.15. The monoisotopic (exact) mass is 369 g/mol. The van der Waals surface area contributed by atoms with Gasteiger partial charge in [0.25, 0.3) is 0 Å². The van der Waals surface area contributed by atoms with Crippen LogP contribution in [-0.4, -0.2) is 21.2 Å². The zero-order valence-electron chi connectivity index (χ0n) is 13.3. The first-order valence-corrected chi connectivity index (χ1v) is 8.41. The zero-order valence-corrected chi connectivity index (χ0v) is 14.1. The van der Waals surface area contributed by atoms with E-state index in [0.29, 0.717) is 11.3 Å². The highest BCUT2D eigenvalue weighted by atomic mass is 32.2. The Morgan fingerprint density at radius 2 is 1.96 bits per heavy atom. The van der Waals surface area contributed by atoms with E-state index < -0.39 is 24.0 Å². The lowest BCUT2D eigenvalue weighted by atomic mass is 10.2. The first-order chi connectivity index (χ1) is 11.8. The summed E-state index contributed by atoms with van der Waals surface area (Å²) in [4.78, 5) is 11.2. The number of nitrogens with one attached hydrogen (secondary N) is 1. The number of rotatable bonds is 4. The normalized spacial score (nSPS) is 13.2. The quantitative estimate of drug-likeness (QED) is 0.669. The van der Waals surface area contributed by atoms with Gasteiger partial charge in [-0.3, -0.25) is 0 Å². The number of halogens is 3. The van der Waals surface area contributed by atoms with Crippen molar-refractivity contribution in [3.8, 4) is 0 Å². The first-order valence-electron chi connectivity index (χ1n) is 7.19. The van der Waals surface area contributed by atoms with Crippen LogP contribution in [0.2, 0.25) is 0 Å². The fraction of sp³-hybridized carbons (Fsp3) is 0.267. The van der Waals surface area contributed by atoms with E-state index in [1.165, 1.54) is 0 Å². The van der Waals surface area contributed by atoms with Gasteiger partial charge in [0.05, 0.1) is 6.04 Å². The molecular weight excluding hydrogens is 355 g/mol. The molecule has 0 radical (unpaired) electrons. The maximum absolute atomic E-state index is 12.8. The van der Waals surface area contributed by atoms with E-state index in [0.717, 1.165) is 10.3 Å². The lowest BCUT2D eigenvalue weighted by Crippen LogP contribution is -2.17. The van der Waals surface area contributed by atoms with Crippen molar-refractivity contribution < 1.29 is 17.6 Å². The van der Waals surface area contributed by atoms with E-state index in [2.05, 4.69) is 20.3 Å². The Labute approximate surface area is 145 Å². The van der Waals surface area contributed by atoms with Crippen LogP contribution in [0, 0.1) is 0 Å². The molecule has 1 aromatic carbocycles. The van der Waals surface area contributed by atoms with Crippen LogP contribution in [0.3, 0.4) is 0 Å². The number of aromatic nitrogens is 3. The van der Waals surface area contributed by atoms with Crippen LogP contribution in [-0.2, 0) is 6.18 Å². The average Bonchev–Trinajstić information content (AvgIpc) is 2.96. The van der Waals surface area contributed by atoms with Crippen molar-refractivity contribution in [3.05, 3.63) is 35.9 Å². The molecule has 0 amide bonds. The summed E-state index contributed by atoms with van der Waals surface area (Å²) in [6, 6.07) is 7.13. The van der Waals surface area contributed by atoms with Gasteiger partial charge in [-0.05, 0) is 37.4 Å². The lowest BCUT2D eigenvalue weighted by molar-refractivity contribution is -0.144. The highest BCUT2D eigenvalue weighted by Crippen LogP contribution is 2.30. The van der Waals surface area contributed by atoms with Crippen molar-refractivity contribution in [3.63, 3.8) is 0 Å². The minimum atomic E-state index is -4.70. The van der Waals surface area contributed by atoms with Crippen LogP contribution in [0.4, 0.5) is 25.1 Å². The van der Waals surface area contributed by atoms with Crippen LogP contribution < -0.4 is 11.1 Å². The average molecular weight is 369 g/mol. The summed E-state index contributed by atoms with van der Waals surface area (Å²) in [5, 5.41) is 3.66. The smallest absolute Gasteiger partial charge is 0.451 e. The van der Waals surface area contributed by atoms with E-state index >= 15 is 0 Å². The predicted octanol–water partition coefficient (Wildman–Crippen LogP) is 4.11. The third kappa shape index (κ3) is 3.78. The summed E-state index contributed by atoms with van der Waals surface area (Å²) in [5.41, 5.74) is 6.03. The third-order valence-electron chi connectivity index (χ3n) is 3.42. The minimum Gasteiger partial charge on any atom is -0.459 e. The number of thioether (sulfide) groups is 1. The summed E-state index contributed by atoms with van der Waals surface area (Å²) in [6.45, 7) is 1.72. The Morgan fingerprint density at radius 3 is 2.64 bits per heavy atom. The van der Waals surface area contributed by atoms with Crippen LogP contribution in [0.15, 0.2) is 33.6 Å². The van der Waals surface area contributed by atoms with Crippen molar-refractivity contribution in [1.29, 1.82) is 0 Å². The van der Waals surface area contributed by atoms with E-state index in [9.17, 15) is 13.2 Å². The summed E-state index contributed by atoms with van der Waals surface area (Å²) in [6.07, 6.45) is -2.75. The van der Waals surface area contributed by atoms with Crippen molar-refractivity contribution in [2.24, 2.45) is 0 Å². The molecule has 0 aliphatic rings. The molecule has 0 bridgehead atoms. The number of alkyl halides is 3. The van der Waals surface area contributed by atoms with Gasteiger partial charge in [0.15, 0.2) is 0 Å². The lowest BCUT2D eigenvalue weighted by Gasteiger charge is -2.13. The van der Waals surface area contributed by atoms with E-state index in [-0.39, 0.29) is 5.95 Å². The van der Waals surface area contributed by atoms with Gasteiger partial charge in [-0.1, -0.05) is 0 Å². The second-order valence-electron chi connectivity index (χ2n) is 5.26. The van der Waals surface area contributed by atoms with Crippen molar-refractivity contribution >= 4 is 34.6 Å². The number of furan rings is 1. The Balaban J connectivity index is 1.87. The van der Waals surface area contributed by atoms with Crippen molar-refractivity contribution in [2.75, 3.05) is 17.3 Å². The zero-order chi connectivity index (χ0) is 18.2. The molecule has 6 nitrogen and oxygen atoms in total. The van der Waals surface area contributed by atoms with Gasteiger partial charge >= 0.3 is 6.18 Å². The number of nitrogens with two attached hydrogens (primary N) is 1. The molecule has 2 heterocycles. The molecule has 2 aromatic heterocycles. The predicted molar refractivity (Wildman–Crippen MR) is 89.3 cm³/mol. The summed E-state index contributed by atoms with van der Waals surface area (Å²) < 4.78 is 44.1. The molecule has 10 heteroatoms. The molecule has 132 valence electrons. The van der Waals surface area contributed by atoms with E-state index in [1.807, 2.05) is 30.5 Å². The second-order valence-corrected chi connectivity index (χ2v) is 6.14. The standard InChI is InChI=1S/C15H14F3N5OS/c1-7(10-5-8-3-4-9(25-2)6-11(8)24-10)20-14-22-12(15(16,17)18)21-13(19)23-14/h3-7H,1-2H3,(H3,19,20,21,22,23). The van der Waals surface area contributed by atoms with Crippen molar-refractivity contribution in [2.45, 2.75) is 24.0 Å². The molecule has 0 fully saturated rings. The number of hydrogen-bond acceptors (Lipinski definition) is 7. The van der Waals surface area contributed by atoms with Crippen molar-refractivity contribution in [1.82, 2.24) is 15.0 Å². The summed E-state index contributed by atoms with van der Waals surface area (Å²) in [7, 11) is 0. The maximum Gasteiger partial charge on any atom is 0.451 e. The highest BCUT2D eigenvalue weighted by molar-refractivity contribution is 7.98. The number of anilines is 2. The van der Waals surface area contributed by atoms with E-state index in [1.54, 1.807) is 18.7 Å². The number of hydrogen-bond donors (Lipinski definition) is 2. The first kappa shape index (κ1) is 17.3. The van der Waals surface area contributed by atoms with Gasteiger partial charge in [-0.25, -0.2) is 0 Å². The molecule has 3 N–H and O–H groups in total. The minimum absolute atomic E-state index is 0.266. The summed E-state index contributed by atoms with van der Waals surface area (Å²) >= 11 is 1.59. The van der Waals surface area contributed by atoms with Gasteiger partial charge in [-0.2, -0.15) is 28.1 Å². The van der Waals surface area contributed by atoms with Gasteiger partial charge in [0.2, 0.25) is 17.7 Å². The van der Waals surface area contributed by atoms with Gasteiger partial charge in [-0.15, -0.1) is 11.8 Å². The molecule has 1 atom stereocenters. The van der Waals surface area contributed by atoms with Gasteiger partial charge in [0, 0.05) is 10.3 Å². The maximum atomic E-state index is 12.8. The summed E-state index contributed by atoms with van der Waals surface area (Å²) in [5.74, 6) is -1.58. The van der Waals surface area contributed by atoms with Crippen LogP contribution in [0.25, 0.3) is 11.0 Å². The molecule has 0 spiro atoms. The molecule has 0 saturated heterocycles. The SMILES string of the molecule is CSc1ccc2cc(C(C)Nc3nc(N)nc(C(F)(F)F)n3)oc2c1. The Bertz CT molecular complexity index is 912.